The molecule has 0 unspecified atom stereocenters. The van der Waals surface area contributed by atoms with Gasteiger partial charge in [-0.25, -0.2) is 4.98 Å². The zero-order valence-corrected chi connectivity index (χ0v) is 14.4. The Labute approximate surface area is 141 Å². The van der Waals surface area contributed by atoms with Crippen molar-refractivity contribution in [2.24, 2.45) is 0 Å². The Morgan fingerprint density at radius 3 is 2.79 bits per heavy atom. The number of aliphatic hydroxyl groups is 1. The first kappa shape index (κ1) is 17.8. The molecule has 0 radical (unpaired) electrons. The third-order valence-corrected chi connectivity index (χ3v) is 3.12. The quantitative estimate of drug-likeness (QED) is 0.639. The fraction of sp³-hybridized carbons (Fsp3) is 0.471. The van der Waals surface area contributed by atoms with Gasteiger partial charge in [-0.2, -0.15) is 5.10 Å². The lowest BCUT2D eigenvalue weighted by Crippen LogP contribution is -2.25. The SMILES string of the molecule is Cc1nc(C)n(CCCNC(=O)c2ccc(C#CC(C)(C)O)o2)n1. The van der Waals surface area contributed by atoms with E-state index in [1.807, 2.05) is 18.5 Å². The third kappa shape index (κ3) is 5.25. The molecule has 0 atom stereocenters. The molecule has 0 bridgehead atoms. The number of aromatic nitrogens is 3. The molecule has 0 saturated heterocycles. The molecule has 0 spiro atoms. The predicted molar refractivity (Wildman–Crippen MR) is 88.3 cm³/mol. The standard InChI is InChI=1S/C17H22N4O3/c1-12-19-13(2)21(20-12)11-5-10-18-16(22)15-7-6-14(24-15)8-9-17(3,4)23/h6-7,23H,5,10-11H2,1-4H3,(H,18,22). The van der Waals surface area contributed by atoms with Crippen LogP contribution in [0.25, 0.3) is 0 Å². The van der Waals surface area contributed by atoms with Crippen molar-refractivity contribution in [3.63, 3.8) is 0 Å². The van der Waals surface area contributed by atoms with Crippen LogP contribution in [0, 0.1) is 25.7 Å². The van der Waals surface area contributed by atoms with Gasteiger partial charge in [0.05, 0.1) is 0 Å². The molecule has 0 aliphatic carbocycles. The summed E-state index contributed by atoms with van der Waals surface area (Å²) in [5.41, 5.74) is -1.10. The second-order valence-electron chi connectivity index (χ2n) is 6.01. The lowest BCUT2D eigenvalue weighted by atomic mass is 10.1. The number of nitrogens with zero attached hydrogens (tertiary/aromatic N) is 3. The van der Waals surface area contributed by atoms with Crippen LogP contribution < -0.4 is 5.32 Å². The number of hydrogen-bond donors (Lipinski definition) is 2. The van der Waals surface area contributed by atoms with Crippen molar-refractivity contribution in [1.29, 1.82) is 0 Å². The molecule has 2 aromatic rings. The van der Waals surface area contributed by atoms with Crippen molar-refractivity contribution in [1.82, 2.24) is 20.1 Å². The van der Waals surface area contributed by atoms with Gasteiger partial charge in [0.1, 0.15) is 17.2 Å². The van der Waals surface area contributed by atoms with Crippen LogP contribution in [0.15, 0.2) is 16.5 Å². The minimum absolute atomic E-state index is 0.197. The smallest absolute Gasteiger partial charge is 0.287 e. The minimum atomic E-state index is -1.10. The molecule has 7 nitrogen and oxygen atoms in total. The Bertz CT molecular complexity index is 772. The molecule has 128 valence electrons. The molecule has 1 amide bonds. The number of nitrogens with one attached hydrogen (secondary N) is 1. The second-order valence-corrected chi connectivity index (χ2v) is 6.01. The summed E-state index contributed by atoms with van der Waals surface area (Å²) < 4.78 is 7.17. The summed E-state index contributed by atoms with van der Waals surface area (Å²) in [6.45, 7) is 8.10. The zero-order chi connectivity index (χ0) is 17.7. The van der Waals surface area contributed by atoms with E-state index in [-0.39, 0.29) is 11.7 Å². The molecule has 24 heavy (non-hydrogen) atoms. The van der Waals surface area contributed by atoms with Crippen LogP contribution >= 0.6 is 0 Å². The molecule has 2 aromatic heterocycles. The Morgan fingerprint density at radius 2 is 2.17 bits per heavy atom. The first-order valence-corrected chi connectivity index (χ1v) is 7.76. The van der Waals surface area contributed by atoms with Gasteiger partial charge in [-0.15, -0.1) is 0 Å². The van der Waals surface area contributed by atoms with Gasteiger partial charge >= 0.3 is 0 Å². The monoisotopic (exact) mass is 330 g/mol. The predicted octanol–water partition coefficient (Wildman–Crippen LogP) is 1.43. The van der Waals surface area contributed by atoms with E-state index in [0.29, 0.717) is 18.8 Å². The maximum absolute atomic E-state index is 12.0. The highest BCUT2D eigenvalue weighted by Gasteiger charge is 2.11. The van der Waals surface area contributed by atoms with Crippen molar-refractivity contribution < 1.29 is 14.3 Å². The van der Waals surface area contributed by atoms with E-state index in [9.17, 15) is 9.90 Å². The van der Waals surface area contributed by atoms with Crippen LogP contribution in [0.3, 0.4) is 0 Å². The number of carbonyl (C=O) groups excluding carboxylic acids is 1. The van der Waals surface area contributed by atoms with Gasteiger partial charge in [-0.1, -0.05) is 5.92 Å². The second kappa shape index (κ2) is 7.32. The zero-order valence-electron chi connectivity index (χ0n) is 14.4. The van der Waals surface area contributed by atoms with Gasteiger partial charge in [-0.3, -0.25) is 9.48 Å². The fourth-order valence-electron chi connectivity index (χ4n) is 2.03. The van der Waals surface area contributed by atoms with Crippen molar-refractivity contribution in [2.45, 2.75) is 46.3 Å². The van der Waals surface area contributed by atoms with E-state index in [1.54, 1.807) is 26.0 Å². The van der Waals surface area contributed by atoms with Crippen LogP contribution in [-0.4, -0.2) is 37.9 Å². The molecule has 2 N–H and O–H groups in total. The largest absolute Gasteiger partial charge is 0.443 e. The Morgan fingerprint density at radius 1 is 1.42 bits per heavy atom. The van der Waals surface area contributed by atoms with E-state index < -0.39 is 5.60 Å². The van der Waals surface area contributed by atoms with Gasteiger partial charge in [-0.05, 0) is 52.2 Å². The van der Waals surface area contributed by atoms with Crippen LogP contribution in [0.5, 0.6) is 0 Å². The van der Waals surface area contributed by atoms with E-state index in [2.05, 4.69) is 27.2 Å². The molecular formula is C17H22N4O3. The number of rotatable bonds is 5. The molecular weight excluding hydrogens is 308 g/mol. The van der Waals surface area contributed by atoms with Crippen molar-refractivity contribution >= 4 is 5.91 Å². The first-order valence-electron chi connectivity index (χ1n) is 7.76. The van der Waals surface area contributed by atoms with Crippen LogP contribution in [0.2, 0.25) is 0 Å². The molecule has 7 heteroatoms. The van der Waals surface area contributed by atoms with Crippen molar-refractivity contribution in [3.8, 4) is 11.8 Å². The molecule has 0 aliphatic rings. The molecule has 2 rings (SSSR count). The van der Waals surface area contributed by atoms with Crippen LogP contribution in [-0.2, 0) is 6.54 Å². The fourth-order valence-corrected chi connectivity index (χ4v) is 2.03. The molecule has 0 saturated carbocycles. The summed E-state index contributed by atoms with van der Waals surface area (Å²) in [5.74, 6) is 7.17. The van der Waals surface area contributed by atoms with Gasteiger partial charge in [0, 0.05) is 13.1 Å². The number of furan rings is 1. The molecule has 0 aliphatic heterocycles. The summed E-state index contributed by atoms with van der Waals surface area (Å²) >= 11 is 0. The van der Waals surface area contributed by atoms with Crippen LogP contribution in [0.1, 0.15) is 48.2 Å². The van der Waals surface area contributed by atoms with Gasteiger partial charge in [0.2, 0.25) is 0 Å². The Kier molecular flexibility index (Phi) is 5.42. The minimum Gasteiger partial charge on any atom is -0.443 e. The summed E-state index contributed by atoms with van der Waals surface area (Å²) in [4.78, 5) is 16.2. The lowest BCUT2D eigenvalue weighted by Gasteiger charge is -2.05. The van der Waals surface area contributed by atoms with E-state index in [1.165, 1.54) is 0 Å². The van der Waals surface area contributed by atoms with Crippen LogP contribution in [0.4, 0.5) is 0 Å². The highest BCUT2D eigenvalue weighted by atomic mass is 16.3. The third-order valence-electron chi connectivity index (χ3n) is 3.12. The van der Waals surface area contributed by atoms with E-state index >= 15 is 0 Å². The normalized spacial score (nSPS) is 11.0. The van der Waals surface area contributed by atoms with Gasteiger partial charge in [0.15, 0.2) is 11.5 Å². The maximum atomic E-state index is 12.0. The molecule has 0 aromatic carbocycles. The van der Waals surface area contributed by atoms with E-state index in [0.717, 1.165) is 18.1 Å². The molecule has 2 heterocycles. The average molecular weight is 330 g/mol. The Balaban J connectivity index is 1.81. The highest BCUT2D eigenvalue weighted by molar-refractivity contribution is 5.91. The molecule has 0 fully saturated rings. The number of carbonyl (C=O) groups is 1. The van der Waals surface area contributed by atoms with Crippen molar-refractivity contribution in [2.75, 3.05) is 6.54 Å². The topological polar surface area (TPSA) is 93.2 Å². The van der Waals surface area contributed by atoms with Gasteiger partial charge < -0.3 is 14.8 Å². The number of hydrogen-bond acceptors (Lipinski definition) is 5. The summed E-state index contributed by atoms with van der Waals surface area (Å²) in [7, 11) is 0. The number of aryl methyl sites for hydroxylation is 3. The highest BCUT2D eigenvalue weighted by Crippen LogP contribution is 2.07. The maximum Gasteiger partial charge on any atom is 0.287 e. The summed E-state index contributed by atoms with van der Waals surface area (Å²) in [5, 5.41) is 16.6. The first-order chi connectivity index (χ1) is 11.2. The van der Waals surface area contributed by atoms with Gasteiger partial charge in [0.25, 0.3) is 5.91 Å². The van der Waals surface area contributed by atoms with Crippen molar-refractivity contribution in [3.05, 3.63) is 35.3 Å². The summed E-state index contributed by atoms with van der Waals surface area (Å²) in [6, 6.07) is 3.17. The summed E-state index contributed by atoms with van der Waals surface area (Å²) in [6.07, 6.45) is 0.738. The van der Waals surface area contributed by atoms with E-state index in [4.69, 9.17) is 4.42 Å². The Hall–Kier alpha value is -2.59. The number of amides is 1. The lowest BCUT2D eigenvalue weighted by molar-refractivity contribution is 0.0924. The average Bonchev–Trinajstić information content (AvgIpc) is 3.07.